The summed E-state index contributed by atoms with van der Waals surface area (Å²) in [7, 11) is 1.67. The molecular formula is C31H27F3N8O. The number of amides is 1. The smallest absolute Gasteiger partial charge is 0.256 e. The number of hydrogen-bond donors (Lipinski definition) is 4. The topological polar surface area (TPSA) is 137 Å². The van der Waals surface area contributed by atoms with Crippen LogP contribution in [0.2, 0.25) is 0 Å². The first-order valence-corrected chi connectivity index (χ1v) is 13.8. The minimum absolute atomic E-state index is 0.0227. The van der Waals surface area contributed by atoms with Crippen LogP contribution in [0.1, 0.15) is 41.6 Å². The number of hydrogen-bond acceptors (Lipinski definition) is 6. The molecule has 0 bridgehead atoms. The molecule has 3 aromatic heterocycles. The Labute approximate surface area is 244 Å². The molecule has 43 heavy (non-hydrogen) atoms. The summed E-state index contributed by atoms with van der Waals surface area (Å²) in [4.78, 5) is 20.2. The molecule has 2 unspecified atom stereocenters. The summed E-state index contributed by atoms with van der Waals surface area (Å²) < 4.78 is 46.6. The number of nitriles is 1. The maximum Gasteiger partial charge on any atom is 0.256 e. The molecule has 12 heteroatoms. The second-order valence-electron chi connectivity index (χ2n) is 10.6. The molecule has 0 radical (unpaired) electrons. The maximum absolute atomic E-state index is 16.3. The molecule has 1 amide bonds. The molecule has 0 aliphatic heterocycles. The summed E-state index contributed by atoms with van der Waals surface area (Å²) in [6.07, 6.45) is 5.62. The average Bonchev–Trinajstić information content (AvgIpc) is 3.56. The van der Waals surface area contributed by atoms with Gasteiger partial charge in [-0.3, -0.25) is 9.48 Å². The monoisotopic (exact) mass is 584 g/mol. The van der Waals surface area contributed by atoms with E-state index in [-0.39, 0.29) is 68.5 Å². The number of aromatic nitrogens is 4. The fourth-order valence-electron chi connectivity index (χ4n) is 5.78. The van der Waals surface area contributed by atoms with Crippen molar-refractivity contribution < 1.29 is 18.0 Å². The van der Waals surface area contributed by atoms with E-state index in [0.717, 1.165) is 25.0 Å². The Balaban J connectivity index is 1.38. The van der Waals surface area contributed by atoms with Gasteiger partial charge >= 0.3 is 0 Å². The first kappa shape index (κ1) is 27.8. The zero-order valence-corrected chi connectivity index (χ0v) is 23.1. The van der Waals surface area contributed by atoms with Crippen molar-refractivity contribution in [3.8, 4) is 28.5 Å². The Bertz CT molecular complexity index is 1890. The number of pyridine rings is 1. The van der Waals surface area contributed by atoms with Crippen molar-refractivity contribution >= 4 is 28.4 Å². The normalized spacial score (nSPS) is 16.6. The molecular weight excluding hydrogens is 557 g/mol. The van der Waals surface area contributed by atoms with Gasteiger partial charge in [0.15, 0.2) is 17.5 Å². The summed E-state index contributed by atoms with van der Waals surface area (Å²) in [5.41, 5.74) is 6.92. The van der Waals surface area contributed by atoms with Crippen LogP contribution in [0.5, 0.6) is 0 Å². The number of anilines is 2. The molecule has 1 saturated carbocycles. The third-order valence-corrected chi connectivity index (χ3v) is 7.73. The molecule has 218 valence electrons. The van der Waals surface area contributed by atoms with Crippen LogP contribution in [0.3, 0.4) is 0 Å². The number of nitrogens with zero attached hydrogens (tertiary/aromatic N) is 4. The van der Waals surface area contributed by atoms with Crippen LogP contribution in [0, 0.1) is 28.8 Å². The number of rotatable bonds is 6. The van der Waals surface area contributed by atoms with Gasteiger partial charge in [0.1, 0.15) is 23.3 Å². The zero-order valence-electron chi connectivity index (χ0n) is 23.1. The van der Waals surface area contributed by atoms with Crippen LogP contribution < -0.4 is 16.4 Å². The van der Waals surface area contributed by atoms with Crippen molar-refractivity contribution in [3.05, 3.63) is 83.4 Å². The van der Waals surface area contributed by atoms with Gasteiger partial charge in [-0.2, -0.15) is 10.4 Å². The minimum Gasteiger partial charge on any atom is -0.382 e. The van der Waals surface area contributed by atoms with E-state index in [1.54, 1.807) is 43.6 Å². The molecule has 0 saturated heterocycles. The number of nitrogens with two attached hydrogens (primary N) is 1. The Hall–Kier alpha value is -5.31. The molecule has 1 aliphatic carbocycles. The van der Waals surface area contributed by atoms with Gasteiger partial charge in [-0.15, -0.1) is 0 Å². The quantitative estimate of drug-likeness (QED) is 0.203. The number of aromatic amines is 1. The number of carbonyl (C=O) groups excluding carboxylic acids is 1. The third-order valence-electron chi connectivity index (χ3n) is 7.73. The molecule has 0 spiro atoms. The van der Waals surface area contributed by atoms with Gasteiger partial charge in [-0.1, -0.05) is 30.3 Å². The van der Waals surface area contributed by atoms with Crippen molar-refractivity contribution in [3.63, 3.8) is 0 Å². The van der Waals surface area contributed by atoms with Gasteiger partial charge < -0.3 is 21.4 Å². The van der Waals surface area contributed by atoms with E-state index < -0.39 is 17.5 Å². The fraction of sp³-hybridized carbons (Fsp3) is 0.226. The second-order valence-corrected chi connectivity index (χ2v) is 10.6. The van der Waals surface area contributed by atoms with E-state index in [4.69, 9.17) is 5.73 Å². The SMILES string of the molecule is Cn1cc(C(=O)NC2CCCC(Nc3nc(-c4c[nH]c5c(F)cc(F)cc45)c(C#N)c(-c4ccccc4)c3F)C2)c(N)n1. The lowest BCUT2D eigenvalue weighted by Gasteiger charge is -2.31. The lowest BCUT2D eigenvalue weighted by atomic mass is 9.90. The van der Waals surface area contributed by atoms with Crippen molar-refractivity contribution in [2.75, 3.05) is 11.1 Å². The third kappa shape index (κ3) is 5.25. The highest BCUT2D eigenvalue weighted by Gasteiger charge is 2.29. The first-order chi connectivity index (χ1) is 20.7. The highest BCUT2D eigenvalue weighted by atomic mass is 19.1. The lowest BCUT2D eigenvalue weighted by Crippen LogP contribution is -2.42. The zero-order chi connectivity index (χ0) is 30.2. The predicted molar refractivity (Wildman–Crippen MR) is 156 cm³/mol. The number of aryl methyl sites for hydroxylation is 1. The van der Waals surface area contributed by atoms with Gasteiger partial charge in [0.25, 0.3) is 5.91 Å². The Morgan fingerprint density at radius 2 is 1.93 bits per heavy atom. The highest BCUT2D eigenvalue weighted by Crippen LogP contribution is 2.39. The van der Waals surface area contributed by atoms with Crippen LogP contribution in [-0.4, -0.2) is 37.7 Å². The first-order valence-electron chi connectivity index (χ1n) is 13.8. The summed E-state index contributed by atoms with van der Waals surface area (Å²) >= 11 is 0. The van der Waals surface area contributed by atoms with Gasteiger partial charge in [0.05, 0.1) is 16.8 Å². The van der Waals surface area contributed by atoms with Gasteiger partial charge in [-0.05, 0) is 37.3 Å². The predicted octanol–water partition coefficient (Wildman–Crippen LogP) is 5.65. The molecule has 6 rings (SSSR count). The highest BCUT2D eigenvalue weighted by molar-refractivity contribution is 5.99. The van der Waals surface area contributed by atoms with E-state index in [1.165, 1.54) is 10.9 Å². The van der Waals surface area contributed by atoms with Crippen LogP contribution in [0.25, 0.3) is 33.3 Å². The fourth-order valence-corrected chi connectivity index (χ4v) is 5.78. The van der Waals surface area contributed by atoms with Crippen LogP contribution in [0.4, 0.5) is 24.8 Å². The summed E-state index contributed by atoms with van der Waals surface area (Å²) in [6.45, 7) is 0. The van der Waals surface area contributed by atoms with Crippen molar-refractivity contribution in [2.24, 2.45) is 7.05 Å². The van der Waals surface area contributed by atoms with E-state index in [2.05, 4.69) is 31.8 Å². The van der Waals surface area contributed by atoms with Gasteiger partial charge in [-0.25, -0.2) is 18.2 Å². The largest absolute Gasteiger partial charge is 0.382 e. The molecule has 3 heterocycles. The molecule has 9 nitrogen and oxygen atoms in total. The van der Waals surface area contributed by atoms with Gasteiger partial charge in [0.2, 0.25) is 0 Å². The van der Waals surface area contributed by atoms with Crippen molar-refractivity contribution in [1.82, 2.24) is 25.1 Å². The molecule has 1 fully saturated rings. The second kappa shape index (κ2) is 11.2. The molecule has 5 aromatic rings. The Morgan fingerprint density at radius 1 is 1.16 bits per heavy atom. The average molecular weight is 585 g/mol. The summed E-state index contributed by atoms with van der Waals surface area (Å²) in [5, 5.41) is 20.6. The lowest BCUT2D eigenvalue weighted by molar-refractivity contribution is 0.0927. The number of H-pyrrole nitrogens is 1. The van der Waals surface area contributed by atoms with E-state index >= 15 is 4.39 Å². The summed E-state index contributed by atoms with van der Waals surface area (Å²) in [6, 6.07) is 12.1. The standard InChI is InChI=1S/C31H27F3N8O/c1-42-15-23(29(36)41-42)31(43)39-19-9-5-8-18(12-19)38-30-26(34)25(16-6-3-2-4-7-16)21(13-35)27(40-30)22-14-37-28-20(22)10-17(32)11-24(28)33/h2-4,6-7,10-11,14-15,18-19,37H,5,8-9,12H2,1H3,(H2,36,41)(H,38,40)(H,39,43). The number of halogens is 3. The maximum atomic E-state index is 16.3. The van der Waals surface area contributed by atoms with Crippen LogP contribution >= 0.6 is 0 Å². The Kier molecular flexibility index (Phi) is 7.23. The van der Waals surface area contributed by atoms with Gasteiger partial charge in [0, 0.05) is 54.1 Å². The molecule has 5 N–H and O–H groups in total. The summed E-state index contributed by atoms with van der Waals surface area (Å²) in [5.74, 6) is -2.63. The number of fused-ring (bicyclic) bond motifs is 1. The number of carbonyl (C=O) groups is 1. The van der Waals surface area contributed by atoms with E-state index in [9.17, 15) is 18.8 Å². The number of nitrogen functional groups attached to an aromatic ring is 1. The van der Waals surface area contributed by atoms with E-state index in [1.807, 2.05) is 0 Å². The number of nitrogens with one attached hydrogen (secondary N) is 3. The van der Waals surface area contributed by atoms with Crippen molar-refractivity contribution in [2.45, 2.75) is 37.8 Å². The minimum atomic E-state index is -0.799. The van der Waals surface area contributed by atoms with Crippen molar-refractivity contribution in [1.29, 1.82) is 5.26 Å². The molecule has 2 atom stereocenters. The van der Waals surface area contributed by atoms with E-state index in [0.29, 0.717) is 18.4 Å². The molecule has 1 aliphatic rings. The molecule has 2 aromatic carbocycles. The van der Waals surface area contributed by atoms with Crippen LogP contribution in [-0.2, 0) is 7.05 Å². The van der Waals surface area contributed by atoms with Crippen LogP contribution in [0.15, 0.2) is 54.9 Å². The number of benzene rings is 2. The Morgan fingerprint density at radius 3 is 2.65 bits per heavy atom.